The van der Waals surface area contributed by atoms with Crippen molar-refractivity contribution >= 4 is 57.8 Å². The maximum Gasteiger partial charge on any atom is 0.266 e. The molecule has 6 nitrogen and oxygen atoms in total. The first kappa shape index (κ1) is 17.1. The van der Waals surface area contributed by atoms with Crippen molar-refractivity contribution in [3.63, 3.8) is 0 Å². The van der Waals surface area contributed by atoms with Crippen molar-refractivity contribution in [1.29, 1.82) is 0 Å². The monoisotopic (exact) mass is 384 g/mol. The number of nitrogens with zero attached hydrogens (tertiary/aromatic N) is 1. The summed E-state index contributed by atoms with van der Waals surface area (Å²) in [6.07, 6.45) is 1.76. The van der Waals surface area contributed by atoms with Crippen LogP contribution in [-0.4, -0.2) is 46.8 Å². The van der Waals surface area contributed by atoms with Gasteiger partial charge in [0, 0.05) is 13.1 Å². The number of hydrogen-bond donors (Lipinski definition) is 1. The van der Waals surface area contributed by atoms with Crippen LogP contribution in [0.4, 0.5) is 0 Å². The molecule has 2 aliphatic rings. The maximum atomic E-state index is 12.5. The Kier molecular flexibility index (Phi) is 5.27. The van der Waals surface area contributed by atoms with E-state index in [4.69, 9.17) is 33.3 Å². The van der Waals surface area contributed by atoms with Gasteiger partial charge in [-0.3, -0.25) is 14.5 Å². The summed E-state index contributed by atoms with van der Waals surface area (Å²) in [7, 11) is 0. The SMILES string of the molecule is O=C(CCl)NCCN1C(=O)/C(=C/c2ccc3c(c2)OCO3)SC1=S. The fourth-order valence-corrected chi connectivity index (χ4v) is 3.60. The molecule has 0 radical (unpaired) electrons. The van der Waals surface area contributed by atoms with Gasteiger partial charge < -0.3 is 14.8 Å². The van der Waals surface area contributed by atoms with E-state index in [1.807, 2.05) is 12.1 Å². The minimum Gasteiger partial charge on any atom is -0.454 e. The summed E-state index contributed by atoms with van der Waals surface area (Å²) in [6, 6.07) is 5.47. The molecule has 0 atom stereocenters. The molecule has 0 aromatic heterocycles. The third kappa shape index (κ3) is 3.66. The number of carbonyl (C=O) groups excluding carboxylic acids is 2. The molecule has 126 valence electrons. The van der Waals surface area contributed by atoms with Crippen LogP contribution in [0.1, 0.15) is 5.56 Å². The van der Waals surface area contributed by atoms with E-state index in [9.17, 15) is 9.59 Å². The third-order valence-electron chi connectivity index (χ3n) is 3.35. The van der Waals surface area contributed by atoms with Gasteiger partial charge in [-0.15, -0.1) is 11.6 Å². The largest absolute Gasteiger partial charge is 0.454 e. The summed E-state index contributed by atoms with van der Waals surface area (Å²) in [6.45, 7) is 0.815. The van der Waals surface area contributed by atoms with Gasteiger partial charge in [0.25, 0.3) is 5.91 Å². The van der Waals surface area contributed by atoms with Gasteiger partial charge >= 0.3 is 0 Å². The Labute approximate surface area is 153 Å². The molecule has 1 fully saturated rings. The van der Waals surface area contributed by atoms with Gasteiger partial charge in [-0.05, 0) is 23.8 Å². The van der Waals surface area contributed by atoms with Crippen molar-refractivity contribution in [1.82, 2.24) is 10.2 Å². The Hall–Kier alpha value is -1.77. The predicted molar refractivity (Wildman–Crippen MR) is 96.2 cm³/mol. The minimum absolute atomic E-state index is 0.109. The molecule has 2 amide bonds. The Balaban J connectivity index is 1.68. The summed E-state index contributed by atoms with van der Waals surface area (Å²) >= 11 is 11.9. The zero-order valence-electron chi connectivity index (χ0n) is 12.4. The second kappa shape index (κ2) is 7.42. The number of halogens is 1. The van der Waals surface area contributed by atoms with Crippen LogP contribution in [0, 0.1) is 0 Å². The van der Waals surface area contributed by atoms with E-state index in [1.54, 1.807) is 12.1 Å². The number of hydrogen-bond acceptors (Lipinski definition) is 6. The zero-order valence-corrected chi connectivity index (χ0v) is 14.8. The normalized spacial score (nSPS) is 17.7. The molecule has 1 aromatic carbocycles. The summed E-state index contributed by atoms with van der Waals surface area (Å²) in [5.74, 6) is 0.779. The molecule has 0 unspecified atom stereocenters. The molecular weight excluding hydrogens is 372 g/mol. The lowest BCUT2D eigenvalue weighted by Crippen LogP contribution is -2.37. The van der Waals surface area contributed by atoms with E-state index in [-0.39, 0.29) is 24.5 Å². The van der Waals surface area contributed by atoms with Crippen molar-refractivity contribution in [3.8, 4) is 11.5 Å². The first-order valence-electron chi connectivity index (χ1n) is 7.06. The van der Waals surface area contributed by atoms with Gasteiger partial charge in [0.05, 0.1) is 4.91 Å². The highest BCUT2D eigenvalue weighted by Gasteiger charge is 2.31. The molecule has 1 saturated heterocycles. The predicted octanol–water partition coefficient (Wildman–Crippen LogP) is 1.97. The highest BCUT2D eigenvalue weighted by atomic mass is 35.5. The number of rotatable bonds is 5. The lowest BCUT2D eigenvalue weighted by atomic mass is 10.2. The lowest BCUT2D eigenvalue weighted by molar-refractivity contribution is -0.123. The number of ether oxygens (including phenoxy) is 2. The average Bonchev–Trinajstić information content (AvgIpc) is 3.14. The summed E-state index contributed by atoms with van der Waals surface area (Å²) in [5.41, 5.74) is 0.829. The highest BCUT2D eigenvalue weighted by Crippen LogP contribution is 2.36. The van der Waals surface area contributed by atoms with Crippen LogP contribution in [0.5, 0.6) is 11.5 Å². The molecule has 0 saturated carbocycles. The van der Waals surface area contributed by atoms with Crippen LogP contribution in [0.3, 0.4) is 0 Å². The highest BCUT2D eigenvalue weighted by molar-refractivity contribution is 8.26. The number of thioether (sulfide) groups is 1. The van der Waals surface area contributed by atoms with Crippen LogP contribution >= 0.6 is 35.6 Å². The minimum atomic E-state index is -0.280. The van der Waals surface area contributed by atoms with E-state index in [1.165, 1.54) is 16.7 Å². The molecular formula is C15H13ClN2O4S2. The van der Waals surface area contributed by atoms with Crippen LogP contribution in [0.2, 0.25) is 0 Å². The number of carbonyl (C=O) groups is 2. The average molecular weight is 385 g/mol. The maximum absolute atomic E-state index is 12.5. The molecule has 0 spiro atoms. The van der Waals surface area contributed by atoms with E-state index in [0.29, 0.717) is 33.8 Å². The summed E-state index contributed by atoms with van der Waals surface area (Å²) in [4.78, 5) is 25.6. The molecule has 3 rings (SSSR count). The summed E-state index contributed by atoms with van der Waals surface area (Å²) < 4.78 is 11.1. The number of alkyl halides is 1. The van der Waals surface area contributed by atoms with Crippen molar-refractivity contribution in [2.75, 3.05) is 25.8 Å². The topological polar surface area (TPSA) is 67.9 Å². The van der Waals surface area contributed by atoms with Gasteiger partial charge in [-0.2, -0.15) is 0 Å². The molecule has 1 aromatic rings. The van der Waals surface area contributed by atoms with E-state index >= 15 is 0 Å². The van der Waals surface area contributed by atoms with Gasteiger partial charge in [-0.1, -0.05) is 30.0 Å². The van der Waals surface area contributed by atoms with E-state index in [2.05, 4.69) is 5.32 Å². The van der Waals surface area contributed by atoms with Gasteiger partial charge in [0.15, 0.2) is 11.5 Å². The van der Waals surface area contributed by atoms with Crippen molar-refractivity contribution < 1.29 is 19.1 Å². The molecule has 2 aliphatic heterocycles. The second-order valence-electron chi connectivity index (χ2n) is 4.93. The molecule has 9 heteroatoms. The fourth-order valence-electron chi connectivity index (χ4n) is 2.20. The molecule has 1 N–H and O–H groups in total. The Morgan fingerprint density at radius 2 is 2.21 bits per heavy atom. The van der Waals surface area contributed by atoms with Crippen LogP contribution < -0.4 is 14.8 Å². The van der Waals surface area contributed by atoms with Crippen LogP contribution in [0.15, 0.2) is 23.1 Å². The third-order valence-corrected chi connectivity index (χ3v) is 4.97. The van der Waals surface area contributed by atoms with Gasteiger partial charge in [-0.25, -0.2) is 0 Å². The number of amides is 2. The van der Waals surface area contributed by atoms with Gasteiger partial charge in [0.1, 0.15) is 10.2 Å². The molecule has 0 bridgehead atoms. The molecule has 0 aliphatic carbocycles. The second-order valence-corrected chi connectivity index (χ2v) is 6.87. The van der Waals surface area contributed by atoms with E-state index < -0.39 is 0 Å². The lowest BCUT2D eigenvalue weighted by Gasteiger charge is -2.14. The summed E-state index contributed by atoms with van der Waals surface area (Å²) in [5, 5.41) is 2.61. The first-order valence-corrected chi connectivity index (χ1v) is 8.82. The van der Waals surface area contributed by atoms with Crippen LogP contribution in [-0.2, 0) is 9.59 Å². The quantitative estimate of drug-likeness (QED) is 0.475. The van der Waals surface area contributed by atoms with Crippen molar-refractivity contribution in [2.45, 2.75) is 0 Å². The zero-order chi connectivity index (χ0) is 17.1. The van der Waals surface area contributed by atoms with Gasteiger partial charge in [0.2, 0.25) is 12.7 Å². The Morgan fingerprint density at radius 3 is 3.00 bits per heavy atom. The molecule has 2 heterocycles. The number of thiocarbonyl (C=S) groups is 1. The van der Waals surface area contributed by atoms with Crippen molar-refractivity contribution in [3.05, 3.63) is 28.7 Å². The Morgan fingerprint density at radius 1 is 1.42 bits per heavy atom. The number of benzene rings is 1. The van der Waals surface area contributed by atoms with Crippen LogP contribution in [0.25, 0.3) is 6.08 Å². The molecule has 24 heavy (non-hydrogen) atoms. The fraction of sp³-hybridized carbons (Fsp3) is 0.267. The van der Waals surface area contributed by atoms with Crippen molar-refractivity contribution in [2.24, 2.45) is 0 Å². The first-order chi connectivity index (χ1) is 11.6. The number of fused-ring (bicyclic) bond motifs is 1. The number of nitrogens with one attached hydrogen (secondary N) is 1. The van der Waals surface area contributed by atoms with E-state index in [0.717, 1.165) is 5.56 Å². The Bertz CT molecular complexity index is 738. The standard InChI is InChI=1S/C15H13ClN2O4S2/c16-7-13(19)17-3-4-18-14(20)12(24-15(18)23)6-9-1-2-10-11(5-9)22-8-21-10/h1-2,5-6H,3-4,7-8H2,(H,17,19)/b12-6-. The smallest absolute Gasteiger partial charge is 0.266 e.